The van der Waals surface area contributed by atoms with Crippen LogP contribution in [0, 0.1) is 0 Å². The number of aromatic nitrogens is 4. The first kappa shape index (κ1) is 17.2. The second kappa shape index (κ2) is 7.07. The second-order valence-electron chi connectivity index (χ2n) is 5.12. The average Bonchev–Trinajstić information content (AvgIpc) is 3.14. The number of alkyl halides is 2. The molecule has 3 rings (SSSR count). The lowest BCUT2D eigenvalue weighted by atomic mass is 10.3. The highest BCUT2D eigenvalue weighted by Crippen LogP contribution is 2.27. The van der Waals surface area contributed by atoms with Gasteiger partial charge < -0.3 is 15.2 Å². The summed E-state index contributed by atoms with van der Waals surface area (Å²) in [6, 6.07) is 2.54. The van der Waals surface area contributed by atoms with Gasteiger partial charge >= 0.3 is 12.6 Å². The highest BCUT2D eigenvalue weighted by Gasteiger charge is 2.16. The maximum absolute atomic E-state index is 12.1. The van der Waals surface area contributed by atoms with Crippen LogP contribution in [0.15, 0.2) is 24.5 Å². The summed E-state index contributed by atoms with van der Waals surface area (Å²) in [5.74, 6) is -0.803. The molecule has 25 heavy (non-hydrogen) atoms. The quantitative estimate of drug-likeness (QED) is 0.660. The number of carboxylic acids is 1. The van der Waals surface area contributed by atoms with Crippen LogP contribution in [-0.2, 0) is 4.74 Å². The van der Waals surface area contributed by atoms with E-state index in [0.717, 1.165) is 4.83 Å². The van der Waals surface area contributed by atoms with E-state index in [1.807, 2.05) is 0 Å². The largest absolute Gasteiger partial charge is 0.477 e. The number of ether oxygens (including phenoxy) is 1. The van der Waals surface area contributed by atoms with Crippen LogP contribution in [0.3, 0.4) is 0 Å². The minimum Gasteiger partial charge on any atom is -0.477 e. The molecule has 0 spiro atoms. The van der Waals surface area contributed by atoms with E-state index in [9.17, 15) is 18.7 Å². The Balaban J connectivity index is 1.89. The molecular weight excluding hydrogens is 356 g/mol. The SMILES string of the molecule is C[C@@H](COC(F)F)Nc1cc(C(=O)O)nc(-c2cn3nccc3s2)n1. The Bertz CT molecular complexity index is 869. The number of aromatic carboxylic acids is 1. The summed E-state index contributed by atoms with van der Waals surface area (Å²) < 4.78 is 30.1. The molecule has 0 saturated heterocycles. The molecule has 3 aromatic heterocycles. The number of halogens is 2. The van der Waals surface area contributed by atoms with Crippen molar-refractivity contribution in [3.05, 3.63) is 30.2 Å². The van der Waals surface area contributed by atoms with Gasteiger partial charge in [-0.05, 0) is 13.0 Å². The summed E-state index contributed by atoms with van der Waals surface area (Å²) >= 11 is 1.35. The van der Waals surface area contributed by atoms with Crippen LogP contribution >= 0.6 is 11.3 Å². The molecule has 0 amide bonds. The van der Waals surface area contributed by atoms with Crippen molar-refractivity contribution in [1.29, 1.82) is 0 Å². The van der Waals surface area contributed by atoms with Crippen LogP contribution in [0.4, 0.5) is 14.6 Å². The number of anilines is 1. The zero-order valence-corrected chi connectivity index (χ0v) is 13.7. The number of carboxylic acid groups (broad SMARTS) is 1. The third-order valence-electron chi connectivity index (χ3n) is 3.12. The summed E-state index contributed by atoms with van der Waals surface area (Å²) in [6.07, 6.45) is 3.33. The highest BCUT2D eigenvalue weighted by atomic mass is 32.1. The van der Waals surface area contributed by atoms with E-state index in [4.69, 9.17) is 0 Å². The van der Waals surface area contributed by atoms with E-state index in [2.05, 4.69) is 25.1 Å². The molecule has 0 saturated carbocycles. The Labute approximate surface area is 144 Å². The molecule has 0 aliphatic carbocycles. The molecule has 3 aromatic rings. The molecule has 2 N–H and O–H groups in total. The molecule has 0 aliphatic rings. The molecular formula is C14H13F2N5O3S. The van der Waals surface area contributed by atoms with Crippen molar-refractivity contribution >= 4 is 28.0 Å². The van der Waals surface area contributed by atoms with E-state index in [1.165, 1.54) is 17.4 Å². The Morgan fingerprint density at radius 1 is 1.48 bits per heavy atom. The molecule has 0 radical (unpaired) electrons. The summed E-state index contributed by atoms with van der Waals surface area (Å²) in [6.45, 7) is -1.52. The third-order valence-corrected chi connectivity index (χ3v) is 4.16. The van der Waals surface area contributed by atoms with Crippen LogP contribution in [0.5, 0.6) is 0 Å². The lowest BCUT2D eigenvalue weighted by molar-refractivity contribution is -0.130. The van der Waals surface area contributed by atoms with Gasteiger partial charge in [-0.25, -0.2) is 19.3 Å². The molecule has 0 aromatic carbocycles. The number of carbonyl (C=O) groups is 1. The van der Waals surface area contributed by atoms with Gasteiger partial charge in [0.25, 0.3) is 0 Å². The minimum atomic E-state index is -2.87. The van der Waals surface area contributed by atoms with E-state index in [1.54, 1.807) is 29.9 Å². The van der Waals surface area contributed by atoms with Gasteiger partial charge in [-0.3, -0.25) is 0 Å². The van der Waals surface area contributed by atoms with Crippen LogP contribution in [0.25, 0.3) is 15.5 Å². The summed E-state index contributed by atoms with van der Waals surface area (Å²) in [7, 11) is 0. The number of nitrogens with one attached hydrogen (secondary N) is 1. The molecule has 132 valence electrons. The normalized spacial score (nSPS) is 12.6. The molecule has 3 heterocycles. The first-order valence-electron chi connectivity index (χ1n) is 7.14. The summed E-state index contributed by atoms with van der Waals surface area (Å²) in [4.78, 5) is 21.1. The van der Waals surface area contributed by atoms with Crippen molar-refractivity contribution in [3.8, 4) is 10.7 Å². The number of hydrogen-bond donors (Lipinski definition) is 2. The van der Waals surface area contributed by atoms with Crippen molar-refractivity contribution < 1.29 is 23.4 Å². The Hall–Kier alpha value is -2.66. The smallest absolute Gasteiger partial charge is 0.354 e. The topological polar surface area (TPSA) is 102 Å². The number of thiazole rings is 1. The van der Waals surface area contributed by atoms with Gasteiger partial charge in [0.1, 0.15) is 10.6 Å². The predicted molar refractivity (Wildman–Crippen MR) is 86.1 cm³/mol. The van der Waals surface area contributed by atoms with Gasteiger partial charge in [0.2, 0.25) is 0 Å². The fourth-order valence-corrected chi connectivity index (χ4v) is 2.97. The second-order valence-corrected chi connectivity index (χ2v) is 6.18. The van der Waals surface area contributed by atoms with Gasteiger partial charge in [-0.15, -0.1) is 11.3 Å². The highest BCUT2D eigenvalue weighted by molar-refractivity contribution is 7.20. The molecule has 0 fully saturated rings. The van der Waals surface area contributed by atoms with E-state index in [0.29, 0.717) is 4.88 Å². The number of nitrogens with zero attached hydrogens (tertiary/aromatic N) is 4. The number of hydrogen-bond acceptors (Lipinski definition) is 7. The zero-order valence-electron chi connectivity index (χ0n) is 12.9. The first-order chi connectivity index (χ1) is 11.9. The van der Waals surface area contributed by atoms with Crippen LogP contribution in [0.1, 0.15) is 17.4 Å². The minimum absolute atomic E-state index is 0.207. The standard InChI is InChI=1S/C14H13F2N5O3S/c1-7(6-24-14(15)16)18-10-4-8(13(22)23)19-12(20-10)9-5-21-11(25-9)2-3-17-21/h2-5,7,14H,6H2,1H3,(H,22,23)(H,18,19,20)/t7-/m0/s1. The first-order valence-corrected chi connectivity index (χ1v) is 7.96. The van der Waals surface area contributed by atoms with Crippen molar-refractivity contribution in [2.75, 3.05) is 11.9 Å². The van der Waals surface area contributed by atoms with E-state index >= 15 is 0 Å². The molecule has 1 atom stereocenters. The maximum atomic E-state index is 12.1. The number of rotatable bonds is 7. The maximum Gasteiger partial charge on any atom is 0.354 e. The molecule has 11 heteroatoms. The van der Waals surface area contributed by atoms with Crippen LogP contribution < -0.4 is 5.32 Å². The summed E-state index contributed by atoms with van der Waals surface area (Å²) in [5.41, 5.74) is -0.208. The number of fused-ring (bicyclic) bond motifs is 1. The Morgan fingerprint density at radius 2 is 2.28 bits per heavy atom. The lowest BCUT2D eigenvalue weighted by Gasteiger charge is -2.15. The molecule has 0 unspecified atom stereocenters. The van der Waals surface area contributed by atoms with Crippen LogP contribution in [-0.4, -0.2) is 49.9 Å². The fourth-order valence-electron chi connectivity index (χ4n) is 2.09. The van der Waals surface area contributed by atoms with E-state index in [-0.39, 0.29) is 23.9 Å². The van der Waals surface area contributed by atoms with Crippen molar-refractivity contribution in [2.45, 2.75) is 19.6 Å². The monoisotopic (exact) mass is 369 g/mol. The van der Waals surface area contributed by atoms with Gasteiger partial charge in [-0.1, -0.05) is 0 Å². The average molecular weight is 369 g/mol. The van der Waals surface area contributed by atoms with Crippen LogP contribution in [0.2, 0.25) is 0 Å². The van der Waals surface area contributed by atoms with Crippen molar-refractivity contribution in [2.24, 2.45) is 0 Å². The Morgan fingerprint density at radius 3 is 2.96 bits per heavy atom. The third kappa shape index (κ3) is 4.06. The molecule has 0 aliphatic heterocycles. The van der Waals surface area contributed by atoms with E-state index < -0.39 is 18.6 Å². The molecule has 8 nitrogen and oxygen atoms in total. The summed E-state index contributed by atoms with van der Waals surface area (Å²) in [5, 5.41) is 16.2. The van der Waals surface area contributed by atoms with Gasteiger partial charge in [0.15, 0.2) is 11.5 Å². The zero-order chi connectivity index (χ0) is 18.0. The fraction of sp³-hybridized carbons (Fsp3) is 0.286. The van der Waals surface area contributed by atoms with Gasteiger partial charge in [0, 0.05) is 12.1 Å². The van der Waals surface area contributed by atoms with Gasteiger partial charge in [-0.2, -0.15) is 13.9 Å². The van der Waals surface area contributed by atoms with Crippen molar-refractivity contribution in [3.63, 3.8) is 0 Å². The van der Waals surface area contributed by atoms with Crippen molar-refractivity contribution in [1.82, 2.24) is 19.6 Å². The lowest BCUT2D eigenvalue weighted by Crippen LogP contribution is -2.24. The predicted octanol–water partition coefficient (Wildman–Crippen LogP) is 2.59. The van der Waals surface area contributed by atoms with Gasteiger partial charge in [0.05, 0.1) is 23.9 Å². The molecule has 0 bridgehead atoms. The Kier molecular flexibility index (Phi) is 4.86.